The number of amides is 1. The number of carbonyl (C=O) groups excluding carboxylic acids is 1. The van der Waals surface area contributed by atoms with Gasteiger partial charge in [0.2, 0.25) is 0 Å². The maximum absolute atomic E-state index is 11.5. The number of nitrogens with one attached hydrogen (secondary N) is 2. The fraction of sp³-hybridized carbons (Fsp3) is 0.267. The summed E-state index contributed by atoms with van der Waals surface area (Å²) in [5, 5.41) is 8.05. The van der Waals surface area contributed by atoms with Crippen LogP contribution in [0.3, 0.4) is 0 Å². The summed E-state index contributed by atoms with van der Waals surface area (Å²) in [5.74, 6) is -0.130. The van der Waals surface area contributed by atoms with Crippen LogP contribution in [-0.2, 0) is 6.42 Å². The zero-order valence-corrected chi connectivity index (χ0v) is 12.5. The van der Waals surface area contributed by atoms with E-state index in [1.165, 1.54) is 4.88 Å². The van der Waals surface area contributed by atoms with Crippen molar-refractivity contribution >= 4 is 28.6 Å². The van der Waals surface area contributed by atoms with Gasteiger partial charge in [-0.15, -0.1) is 11.3 Å². The Morgan fingerprint density at radius 1 is 1.40 bits per heavy atom. The van der Waals surface area contributed by atoms with E-state index in [2.05, 4.69) is 35.1 Å². The molecule has 1 heterocycles. The van der Waals surface area contributed by atoms with Gasteiger partial charge in [-0.2, -0.15) is 0 Å². The van der Waals surface area contributed by atoms with E-state index in [1.54, 1.807) is 30.5 Å². The second-order valence-electron chi connectivity index (χ2n) is 4.71. The highest BCUT2D eigenvalue weighted by molar-refractivity contribution is 7.09. The second kappa shape index (κ2) is 6.43. The van der Waals surface area contributed by atoms with Crippen LogP contribution in [0.1, 0.15) is 22.2 Å². The summed E-state index contributed by atoms with van der Waals surface area (Å²) in [4.78, 5) is 12.9. The number of anilines is 2. The molecule has 0 saturated carbocycles. The predicted molar refractivity (Wildman–Crippen MR) is 85.4 cm³/mol. The van der Waals surface area contributed by atoms with Crippen molar-refractivity contribution in [1.82, 2.24) is 5.32 Å². The highest BCUT2D eigenvalue weighted by Gasteiger charge is 2.09. The van der Waals surface area contributed by atoms with Crippen LogP contribution < -0.4 is 16.4 Å². The molecule has 0 aliphatic carbocycles. The summed E-state index contributed by atoms with van der Waals surface area (Å²) in [6, 6.07) is 9.78. The molecule has 2 rings (SSSR count). The molecule has 0 saturated heterocycles. The number of thiophene rings is 1. The molecule has 1 aromatic heterocycles. The molecule has 0 spiro atoms. The van der Waals surface area contributed by atoms with E-state index in [0.29, 0.717) is 11.3 Å². The van der Waals surface area contributed by atoms with Crippen LogP contribution in [0, 0.1) is 0 Å². The van der Waals surface area contributed by atoms with Crippen LogP contribution >= 0.6 is 11.3 Å². The Balaban J connectivity index is 2.04. The lowest BCUT2D eigenvalue weighted by molar-refractivity contribution is 0.0963. The molecule has 1 atom stereocenters. The monoisotopic (exact) mass is 289 g/mol. The fourth-order valence-corrected chi connectivity index (χ4v) is 2.86. The topological polar surface area (TPSA) is 67.2 Å². The van der Waals surface area contributed by atoms with Crippen molar-refractivity contribution in [3.63, 3.8) is 0 Å². The number of nitrogen functional groups attached to an aromatic ring is 1. The van der Waals surface area contributed by atoms with Gasteiger partial charge in [0.05, 0.1) is 11.4 Å². The predicted octanol–water partition coefficient (Wildman–Crippen LogP) is 2.73. The Morgan fingerprint density at radius 3 is 2.80 bits per heavy atom. The number of carbonyl (C=O) groups is 1. The van der Waals surface area contributed by atoms with E-state index in [9.17, 15) is 4.79 Å². The lowest BCUT2D eigenvalue weighted by atomic mass is 10.1. The van der Waals surface area contributed by atoms with E-state index < -0.39 is 0 Å². The molecule has 106 valence electrons. The molecule has 0 bridgehead atoms. The first-order chi connectivity index (χ1) is 9.60. The summed E-state index contributed by atoms with van der Waals surface area (Å²) >= 11 is 1.75. The van der Waals surface area contributed by atoms with E-state index in [0.717, 1.165) is 12.1 Å². The van der Waals surface area contributed by atoms with Crippen molar-refractivity contribution in [2.24, 2.45) is 0 Å². The van der Waals surface area contributed by atoms with Gasteiger partial charge in [0.25, 0.3) is 5.91 Å². The van der Waals surface area contributed by atoms with Crippen molar-refractivity contribution in [2.75, 3.05) is 18.1 Å². The van der Waals surface area contributed by atoms with Crippen molar-refractivity contribution in [3.05, 3.63) is 46.2 Å². The molecule has 1 unspecified atom stereocenters. The molecule has 4 nitrogen and oxygen atoms in total. The van der Waals surface area contributed by atoms with Gasteiger partial charge in [0.1, 0.15) is 0 Å². The van der Waals surface area contributed by atoms with Gasteiger partial charge >= 0.3 is 0 Å². The Morgan fingerprint density at radius 2 is 2.20 bits per heavy atom. The van der Waals surface area contributed by atoms with E-state index >= 15 is 0 Å². The Labute approximate surface area is 123 Å². The van der Waals surface area contributed by atoms with Gasteiger partial charge in [-0.25, -0.2) is 0 Å². The van der Waals surface area contributed by atoms with Crippen molar-refractivity contribution in [2.45, 2.75) is 19.4 Å². The Hall–Kier alpha value is -2.01. The van der Waals surface area contributed by atoms with Crippen LogP contribution in [0.15, 0.2) is 35.7 Å². The Kier molecular flexibility index (Phi) is 4.63. The van der Waals surface area contributed by atoms with Crippen LogP contribution in [-0.4, -0.2) is 19.0 Å². The molecule has 1 amide bonds. The number of hydrogen-bond donors (Lipinski definition) is 3. The summed E-state index contributed by atoms with van der Waals surface area (Å²) in [5.41, 5.74) is 8.02. The van der Waals surface area contributed by atoms with Gasteiger partial charge < -0.3 is 16.4 Å². The summed E-state index contributed by atoms with van der Waals surface area (Å²) in [6.07, 6.45) is 0.953. The minimum Gasteiger partial charge on any atom is -0.397 e. The molecular formula is C15H19N3OS. The van der Waals surface area contributed by atoms with Crippen molar-refractivity contribution in [1.29, 1.82) is 0 Å². The minimum absolute atomic E-state index is 0.130. The number of rotatable bonds is 5. The van der Waals surface area contributed by atoms with E-state index in [-0.39, 0.29) is 11.9 Å². The maximum Gasteiger partial charge on any atom is 0.251 e. The first-order valence-electron chi connectivity index (χ1n) is 6.50. The molecule has 1 aromatic carbocycles. The summed E-state index contributed by atoms with van der Waals surface area (Å²) in [6.45, 7) is 2.12. The molecule has 4 N–H and O–H groups in total. The third-order valence-corrected chi connectivity index (χ3v) is 3.93. The quantitative estimate of drug-likeness (QED) is 0.741. The minimum atomic E-state index is -0.130. The number of nitrogens with two attached hydrogens (primary N) is 1. The first-order valence-corrected chi connectivity index (χ1v) is 7.38. The molecule has 0 aliphatic rings. The molecule has 20 heavy (non-hydrogen) atoms. The third-order valence-electron chi connectivity index (χ3n) is 3.03. The molecular weight excluding hydrogens is 270 g/mol. The largest absolute Gasteiger partial charge is 0.397 e. The first kappa shape index (κ1) is 14.4. The molecule has 2 aromatic rings. The average molecular weight is 289 g/mol. The summed E-state index contributed by atoms with van der Waals surface area (Å²) in [7, 11) is 1.60. The highest BCUT2D eigenvalue weighted by atomic mass is 32.1. The van der Waals surface area contributed by atoms with E-state index in [1.807, 2.05) is 6.07 Å². The molecule has 0 aliphatic heterocycles. The lowest BCUT2D eigenvalue weighted by Crippen LogP contribution is -2.20. The van der Waals surface area contributed by atoms with Crippen molar-refractivity contribution < 1.29 is 4.79 Å². The van der Waals surface area contributed by atoms with Gasteiger partial charge in [-0.1, -0.05) is 6.07 Å². The number of hydrogen-bond acceptors (Lipinski definition) is 4. The van der Waals surface area contributed by atoms with Crippen molar-refractivity contribution in [3.8, 4) is 0 Å². The zero-order valence-electron chi connectivity index (χ0n) is 11.6. The maximum atomic E-state index is 11.5. The highest BCUT2D eigenvalue weighted by Crippen LogP contribution is 2.22. The third kappa shape index (κ3) is 3.51. The fourth-order valence-electron chi connectivity index (χ4n) is 2.03. The van der Waals surface area contributed by atoms with Gasteiger partial charge in [-0.05, 0) is 36.6 Å². The SMILES string of the molecule is CNC(=O)c1ccc(NC(C)Cc2cccs2)c(N)c1. The lowest BCUT2D eigenvalue weighted by Gasteiger charge is -2.16. The van der Waals surface area contributed by atoms with Crippen LogP contribution in [0.5, 0.6) is 0 Å². The smallest absolute Gasteiger partial charge is 0.251 e. The summed E-state index contributed by atoms with van der Waals surface area (Å²) < 4.78 is 0. The van der Waals surface area contributed by atoms with Crippen LogP contribution in [0.4, 0.5) is 11.4 Å². The van der Waals surface area contributed by atoms with Gasteiger partial charge in [-0.3, -0.25) is 4.79 Å². The zero-order chi connectivity index (χ0) is 14.5. The van der Waals surface area contributed by atoms with Crippen LogP contribution in [0.2, 0.25) is 0 Å². The van der Waals surface area contributed by atoms with Crippen LogP contribution in [0.25, 0.3) is 0 Å². The second-order valence-corrected chi connectivity index (χ2v) is 5.74. The molecule has 0 radical (unpaired) electrons. The van der Waals surface area contributed by atoms with E-state index in [4.69, 9.17) is 5.73 Å². The Bertz CT molecular complexity index is 581. The van der Waals surface area contributed by atoms with Gasteiger partial charge in [0, 0.05) is 30.0 Å². The number of benzene rings is 1. The normalized spacial score (nSPS) is 11.9. The van der Waals surface area contributed by atoms with Gasteiger partial charge in [0.15, 0.2) is 0 Å². The average Bonchev–Trinajstić information content (AvgIpc) is 2.93. The standard InChI is InChI=1S/C15H19N3OS/c1-10(8-12-4-3-7-20-12)18-14-6-5-11(9-13(14)16)15(19)17-2/h3-7,9-10,18H,8,16H2,1-2H3,(H,17,19). The molecule has 5 heteroatoms. The molecule has 0 fully saturated rings.